The van der Waals surface area contributed by atoms with Crippen LogP contribution in [0.1, 0.15) is 12.0 Å². The van der Waals surface area contributed by atoms with Gasteiger partial charge >= 0.3 is 0 Å². The lowest BCUT2D eigenvalue weighted by molar-refractivity contribution is -0.130. The molecule has 0 radical (unpaired) electrons. The third kappa shape index (κ3) is 4.95. The molecule has 1 N–H and O–H groups in total. The maximum atomic E-state index is 13.2. The molecule has 1 saturated heterocycles. The van der Waals surface area contributed by atoms with Gasteiger partial charge in [-0.25, -0.2) is 9.38 Å². The number of aliphatic imine (C=N–C) groups is 1. The van der Waals surface area contributed by atoms with Gasteiger partial charge in [0.2, 0.25) is 11.8 Å². The van der Waals surface area contributed by atoms with Crippen molar-refractivity contribution in [3.63, 3.8) is 0 Å². The molecule has 2 amide bonds. The van der Waals surface area contributed by atoms with Gasteiger partial charge in [0.1, 0.15) is 5.82 Å². The third-order valence-corrected chi connectivity index (χ3v) is 5.38. The number of thioether (sulfide) groups is 1. The first-order chi connectivity index (χ1) is 13.1. The van der Waals surface area contributed by atoms with Gasteiger partial charge in [0.15, 0.2) is 5.17 Å². The molecule has 3 rings (SSSR count). The summed E-state index contributed by atoms with van der Waals surface area (Å²) < 4.78 is 13.2. The Morgan fingerprint density at radius 3 is 2.59 bits per heavy atom. The normalized spacial score (nSPS) is 18.6. The minimum Gasteiger partial charge on any atom is -0.358 e. The van der Waals surface area contributed by atoms with E-state index in [2.05, 4.69) is 10.3 Å². The Hall–Kier alpha value is -2.67. The summed E-state index contributed by atoms with van der Waals surface area (Å²) in [6.07, 6.45) is 0.807. The molecule has 2 aromatic rings. The van der Waals surface area contributed by atoms with Crippen molar-refractivity contribution in [2.75, 3.05) is 13.6 Å². The van der Waals surface area contributed by atoms with Crippen molar-refractivity contribution in [2.24, 2.45) is 4.99 Å². The number of rotatable bonds is 5. The van der Waals surface area contributed by atoms with Gasteiger partial charge < -0.3 is 5.32 Å². The van der Waals surface area contributed by atoms with Crippen LogP contribution in [-0.2, 0) is 16.0 Å². The second-order valence-corrected chi connectivity index (χ2v) is 7.25. The van der Waals surface area contributed by atoms with Crippen molar-refractivity contribution in [1.29, 1.82) is 0 Å². The molecular weight excluding hydrogens is 365 g/mol. The van der Waals surface area contributed by atoms with Gasteiger partial charge in [-0.05, 0) is 36.2 Å². The first kappa shape index (κ1) is 19.1. The molecule has 0 saturated carbocycles. The molecule has 0 aromatic heterocycles. The highest BCUT2D eigenvalue weighted by Gasteiger charge is 2.35. The Kier molecular flexibility index (Phi) is 6.24. The Balaban J connectivity index is 1.84. The molecule has 0 spiro atoms. The van der Waals surface area contributed by atoms with E-state index in [9.17, 15) is 14.0 Å². The Bertz CT molecular complexity index is 840. The SMILES string of the molecule is CNC(=O)[C@H]1CC(=O)N(CCc2ccccc2)C(=Nc2ccc(F)cc2)S1. The van der Waals surface area contributed by atoms with Crippen molar-refractivity contribution in [3.8, 4) is 0 Å². The lowest BCUT2D eigenvalue weighted by Gasteiger charge is -2.31. The minimum absolute atomic E-state index is 0.127. The maximum Gasteiger partial charge on any atom is 0.233 e. The Labute approximate surface area is 161 Å². The number of amidine groups is 1. The van der Waals surface area contributed by atoms with Crippen LogP contribution in [0.15, 0.2) is 59.6 Å². The fourth-order valence-corrected chi connectivity index (χ4v) is 3.92. The van der Waals surface area contributed by atoms with E-state index < -0.39 is 5.25 Å². The second-order valence-electron chi connectivity index (χ2n) is 6.08. The van der Waals surface area contributed by atoms with Crippen molar-refractivity contribution >= 4 is 34.4 Å². The smallest absolute Gasteiger partial charge is 0.233 e. The van der Waals surface area contributed by atoms with E-state index in [1.165, 1.54) is 23.9 Å². The van der Waals surface area contributed by atoms with Crippen LogP contribution in [0.4, 0.5) is 10.1 Å². The molecule has 1 fully saturated rings. The van der Waals surface area contributed by atoms with Gasteiger partial charge in [0.05, 0.1) is 10.9 Å². The van der Waals surface area contributed by atoms with E-state index in [1.54, 1.807) is 24.1 Å². The molecule has 0 aliphatic carbocycles. The van der Waals surface area contributed by atoms with Gasteiger partial charge in [-0.15, -0.1) is 0 Å². The van der Waals surface area contributed by atoms with E-state index in [4.69, 9.17) is 0 Å². The average Bonchev–Trinajstić information content (AvgIpc) is 2.69. The molecule has 5 nitrogen and oxygen atoms in total. The van der Waals surface area contributed by atoms with Crippen molar-refractivity contribution in [2.45, 2.75) is 18.1 Å². The van der Waals surface area contributed by atoms with Crippen molar-refractivity contribution in [3.05, 3.63) is 66.0 Å². The number of hydrogen-bond acceptors (Lipinski definition) is 4. The second kappa shape index (κ2) is 8.81. The van der Waals surface area contributed by atoms with E-state index in [0.717, 1.165) is 5.56 Å². The average molecular weight is 385 g/mol. The highest BCUT2D eigenvalue weighted by atomic mass is 32.2. The van der Waals surface area contributed by atoms with Crippen LogP contribution in [0.3, 0.4) is 0 Å². The maximum absolute atomic E-state index is 13.2. The number of carbonyl (C=O) groups is 2. The molecule has 0 bridgehead atoms. The summed E-state index contributed by atoms with van der Waals surface area (Å²) in [5.41, 5.74) is 1.65. The van der Waals surface area contributed by atoms with E-state index in [0.29, 0.717) is 23.8 Å². The minimum atomic E-state index is -0.519. The standard InChI is InChI=1S/C20H20FN3O2S/c1-22-19(26)17-13-18(25)24(12-11-14-5-3-2-4-6-14)20(27-17)23-16-9-7-15(21)8-10-16/h2-10,17H,11-13H2,1H3,(H,22,26)/t17-/m1/s1. The summed E-state index contributed by atoms with van der Waals surface area (Å²) in [5, 5.41) is 2.53. The zero-order valence-electron chi connectivity index (χ0n) is 14.9. The highest BCUT2D eigenvalue weighted by Crippen LogP contribution is 2.29. The van der Waals surface area contributed by atoms with E-state index in [-0.39, 0.29) is 24.1 Å². The van der Waals surface area contributed by atoms with Crippen LogP contribution in [0.25, 0.3) is 0 Å². The van der Waals surface area contributed by atoms with E-state index >= 15 is 0 Å². The summed E-state index contributed by atoms with van der Waals surface area (Å²) >= 11 is 1.26. The fourth-order valence-electron chi connectivity index (χ4n) is 2.73. The van der Waals surface area contributed by atoms with Crippen LogP contribution in [0, 0.1) is 5.82 Å². The summed E-state index contributed by atoms with van der Waals surface area (Å²) in [7, 11) is 1.55. The molecule has 140 valence electrons. The molecule has 2 aromatic carbocycles. The quantitative estimate of drug-likeness (QED) is 0.860. The number of halogens is 1. The molecule has 1 aliphatic heterocycles. The lowest BCUT2D eigenvalue weighted by atomic mass is 10.1. The first-order valence-electron chi connectivity index (χ1n) is 8.63. The topological polar surface area (TPSA) is 61.8 Å². The van der Waals surface area contributed by atoms with Gasteiger partial charge in [0, 0.05) is 20.0 Å². The highest BCUT2D eigenvalue weighted by molar-refractivity contribution is 8.15. The van der Waals surface area contributed by atoms with Crippen LogP contribution in [0.5, 0.6) is 0 Å². The monoisotopic (exact) mass is 385 g/mol. The molecule has 7 heteroatoms. The van der Waals surface area contributed by atoms with Crippen molar-refractivity contribution < 1.29 is 14.0 Å². The van der Waals surface area contributed by atoms with Gasteiger partial charge in [-0.1, -0.05) is 42.1 Å². The molecular formula is C20H20FN3O2S. The Morgan fingerprint density at radius 2 is 1.93 bits per heavy atom. The van der Waals surface area contributed by atoms with E-state index in [1.807, 2.05) is 30.3 Å². The number of carbonyl (C=O) groups excluding carboxylic acids is 2. The molecule has 1 aliphatic rings. The zero-order chi connectivity index (χ0) is 19.2. The number of nitrogens with zero attached hydrogens (tertiary/aromatic N) is 2. The molecule has 27 heavy (non-hydrogen) atoms. The predicted octanol–water partition coefficient (Wildman–Crippen LogP) is 3.14. The fraction of sp³-hybridized carbons (Fsp3) is 0.250. The number of amides is 2. The van der Waals surface area contributed by atoms with Crippen LogP contribution >= 0.6 is 11.8 Å². The predicted molar refractivity (Wildman–Crippen MR) is 105 cm³/mol. The summed E-state index contributed by atoms with van der Waals surface area (Å²) in [5.74, 6) is -0.697. The lowest BCUT2D eigenvalue weighted by Crippen LogP contribution is -2.46. The first-order valence-corrected chi connectivity index (χ1v) is 9.51. The molecule has 1 heterocycles. The van der Waals surface area contributed by atoms with Gasteiger partial charge in [-0.2, -0.15) is 0 Å². The van der Waals surface area contributed by atoms with Crippen molar-refractivity contribution in [1.82, 2.24) is 10.2 Å². The summed E-state index contributed by atoms with van der Waals surface area (Å²) in [6.45, 7) is 0.469. The van der Waals surface area contributed by atoms with Crippen LogP contribution < -0.4 is 5.32 Å². The number of nitrogens with one attached hydrogen (secondary N) is 1. The van der Waals surface area contributed by atoms with Crippen LogP contribution in [0.2, 0.25) is 0 Å². The summed E-state index contributed by atoms with van der Waals surface area (Å²) in [4.78, 5) is 30.8. The van der Waals surface area contributed by atoms with Crippen LogP contribution in [-0.4, -0.2) is 40.7 Å². The largest absolute Gasteiger partial charge is 0.358 e. The van der Waals surface area contributed by atoms with Gasteiger partial charge in [0.25, 0.3) is 0 Å². The summed E-state index contributed by atoms with van der Waals surface area (Å²) in [6, 6.07) is 15.6. The molecule has 0 unspecified atom stereocenters. The third-order valence-electron chi connectivity index (χ3n) is 4.20. The zero-order valence-corrected chi connectivity index (χ0v) is 15.7. The number of benzene rings is 2. The Morgan fingerprint density at radius 1 is 1.22 bits per heavy atom. The molecule has 1 atom stereocenters. The van der Waals surface area contributed by atoms with Gasteiger partial charge in [-0.3, -0.25) is 14.5 Å². The number of hydrogen-bond donors (Lipinski definition) is 1.